The third kappa shape index (κ3) is 3.76. The first-order chi connectivity index (χ1) is 9.60. The first-order valence-electron chi connectivity index (χ1n) is 6.63. The second-order valence-electron chi connectivity index (χ2n) is 4.71. The lowest BCUT2D eigenvalue weighted by molar-refractivity contribution is -0.144. The summed E-state index contributed by atoms with van der Waals surface area (Å²) in [6, 6.07) is 0. The predicted molar refractivity (Wildman–Crippen MR) is 73.6 cm³/mol. The highest BCUT2D eigenvalue weighted by Crippen LogP contribution is 2.32. The summed E-state index contributed by atoms with van der Waals surface area (Å²) in [5.41, 5.74) is 1.09. The maximum Gasteiger partial charge on any atom is 0.306 e. The van der Waals surface area contributed by atoms with Gasteiger partial charge in [-0.15, -0.1) is 0 Å². The Morgan fingerprint density at radius 1 is 1.60 bits per heavy atom. The molecule has 0 aromatic carbocycles. The highest BCUT2D eigenvalue weighted by atomic mass is 35.5. The van der Waals surface area contributed by atoms with Gasteiger partial charge in [0.1, 0.15) is 5.69 Å². The van der Waals surface area contributed by atoms with Crippen LogP contribution in [0.1, 0.15) is 38.3 Å². The largest absolute Gasteiger partial charge is 0.466 e. The fourth-order valence-electron chi connectivity index (χ4n) is 2.32. The predicted octanol–water partition coefficient (Wildman–Crippen LogP) is 3.41. The van der Waals surface area contributed by atoms with Gasteiger partial charge in [-0.1, -0.05) is 6.08 Å². The molecule has 2 rings (SSSR count). The van der Waals surface area contributed by atoms with E-state index in [1.807, 2.05) is 6.08 Å². The molecular weight excluding hydrogens is 283 g/mol. The minimum atomic E-state index is -0.468. The monoisotopic (exact) mass is 298 g/mol. The molecule has 1 unspecified atom stereocenters. The molecule has 0 spiro atoms. The van der Waals surface area contributed by atoms with Gasteiger partial charge in [-0.05, 0) is 49.3 Å². The normalized spacial score (nSPS) is 18.6. The minimum Gasteiger partial charge on any atom is -0.466 e. The molecule has 6 heteroatoms. The zero-order valence-electron chi connectivity index (χ0n) is 11.2. The van der Waals surface area contributed by atoms with E-state index in [2.05, 4.69) is 9.97 Å². The van der Waals surface area contributed by atoms with Crippen molar-refractivity contribution in [1.29, 1.82) is 0 Å². The van der Waals surface area contributed by atoms with E-state index in [1.54, 1.807) is 6.92 Å². The van der Waals surface area contributed by atoms with Crippen LogP contribution in [-0.2, 0) is 9.53 Å². The van der Waals surface area contributed by atoms with Gasteiger partial charge in [-0.3, -0.25) is 4.79 Å². The van der Waals surface area contributed by atoms with Gasteiger partial charge in [0, 0.05) is 6.42 Å². The van der Waals surface area contributed by atoms with Crippen LogP contribution in [0.3, 0.4) is 0 Å². The fraction of sp³-hybridized carbons (Fsp3) is 0.500. The van der Waals surface area contributed by atoms with Gasteiger partial charge in [0.2, 0.25) is 5.28 Å². The molecule has 1 aromatic rings. The Balaban J connectivity index is 2.02. The summed E-state index contributed by atoms with van der Waals surface area (Å²) >= 11 is 5.69. The summed E-state index contributed by atoms with van der Waals surface area (Å²) in [4.78, 5) is 19.0. The molecule has 0 radical (unpaired) electrons. The lowest BCUT2D eigenvalue weighted by Gasteiger charge is -2.21. The lowest BCUT2D eigenvalue weighted by Crippen LogP contribution is -2.14. The zero-order chi connectivity index (χ0) is 14.5. The average molecular weight is 299 g/mol. The first-order valence-corrected chi connectivity index (χ1v) is 7.01. The third-order valence-electron chi connectivity index (χ3n) is 3.30. The Kier molecular flexibility index (Phi) is 5.06. The molecule has 0 saturated carbocycles. The van der Waals surface area contributed by atoms with E-state index >= 15 is 0 Å². The van der Waals surface area contributed by atoms with E-state index in [0.717, 1.165) is 24.6 Å². The number of carbonyl (C=O) groups excluding carboxylic acids is 1. The number of ether oxygens (including phenoxy) is 1. The fourth-order valence-corrected chi connectivity index (χ4v) is 2.45. The molecule has 1 aliphatic carbocycles. The molecule has 4 nitrogen and oxygen atoms in total. The van der Waals surface area contributed by atoms with Gasteiger partial charge in [0.05, 0.1) is 12.8 Å². The minimum absolute atomic E-state index is 0.0379. The van der Waals surface area contributed by atoms with E-state index in [9.17, 15) is 9.18 Å². The highest BCUT2D eigenvalue weighted by Gasteiger charge is 2.21. The van der Waals surface area contributed by atoms with Crippen molar-refractivity contribution in [1.82, 2.24) is 9.97 Å². The Morgan fingerprint density at radius 3 is 3.05 bits per heavy atom. The van der Waals surface area contributed by atoms with Crippen LogP contribution in [0.5, 0.6) is 0 Å². The maximum atomic E-state index is 13.7. The molecule has 0 amide bonds. The number of hydrogen-bond acceptors (Lipinski definition) is 4. The average Bonchev–Trinajstić information content (AvgIpc) is 2.43. The van der Waals surface area contributed by atoms with E-state index in [-0.39, 0.29) is 22.9 Å². The number of halogens is 2. The van der Waals surface area contributed by atoms with E-state index in [1.165, 1.54) is 0 Å². The van der Waals surface area contributed by atoms with Crippen LogP contribution in [0.2, 0.25) is 5.28 Å². The highest BCUT2D eigenvalue weighted by molar-refractivity contribution is 6.28. The quantitative estimate of drug-likeness (QED) is 0.631. The Bertz CT molecular complexity index is 534. The van der Waals surface area contributed by atoms with Crippen LogP contribution in [0, 0.1) is 11.7 Å². The van der Waals surface area contributed by atoms with Crippen LogP contribution < -0.4 is 0 Å². The second kappa shape index (κ2) is 6.79. The van der Waals surface area contributed by atoms with Crippen molar-refractivity contribution >= 4 is 23.1 Å². The van der Waals surface area contributed by atoms with Crippen LogP contribution in [-0.4, -0.2) is 22.5 Å². The van der Waals surface area contributed by atoms with Crippen LogP contribution in [0.15, 0.2) is 12.3 Å². The number of hydrogen-bond donors (Lipinski definition) is 0. The summed E-state index contributed by atoms with van der Waals surface area (Å²) < 4.78 is 18.6. The molecule has 1 aromatic heterocycles. The summed E-state index contributed by atoms with van der Waals surface area (Å²) in [6.45, 7) is 2.19. The SMILES string of the molecule is CCOC(=O)CC1CC=C(c2nc(Cl)ncc2F)CC1. The Morgan fingerprint density at radius 2 is 2.40 bits per heavy atom. The Labute approximate surface area is 122 Å². The van der Waals surface area contributed by atoms with Crippen molar-refractivity contribution in [3.8, 4) is 0 Å². The van der Waals surface area contributed by atoms with Gasteiger partial charge >= 0.3 is 5.97 Å². The number of carbonyl (C=O) groups is 1. The molecule has 0 bridgehead atoms. The van der Waals surface area contributed by atoms with Gasteiger partial charge in [0.15, 0.2) is 5.82 Å². The van der Waals surface area contributed by atoms with E-state index in [0.29, 0.717) is 19.4 Å². The summed E-state index contributed by atoms with van der Waals surface area (Å²) in [5.74, 6) is -0.395. The van der Waals surface area contributed by atoms with E-state index < -0.39 is 5.82 Å². The van der Waals surface area contributed by atoms with Crippen molar-refractivity contribution in [2.45, 2.75) is 32.6 Å². The summed E-state index contributed by atoms with van der Waals surface area (Å²) in [6.07, 6.45) is 5.62. The summed E-state index contributed by atoms with van der Waals surface area (Å²) in [5, 5.41) is 0.0379. The van der Waals surface area contributed by atoms with Gasteiger partial charge in [0.25, 0.3) is 0 Å². The maximum absolute atomic E-state index is 13.7. The molecule has 0 N–H and O–H groups in total. The van der Waals surface area contributed by atoms with Crippen molar-refractivity contribution in [2.24, 2.45) is 5.92 Å². The lowest BCUT2D eigenvalue weighted by atomic mass is 9.86. The molecule has 20 heavy (non-hydrogen) atoms. The van der Waals surface area contributed by atoms with Crippen molar-refractivity contribution in [3.05, 3.63) is 29.1 Å². The molecule has 0 fully saturated rings. The van der Waals surface area contributed by atoms with E-state index in [4.69, 9.17) is 16.3 Å². The van der Waals surface area contributed by atoms with Crippen LogP contribution in [0.4, 0.5) is 4.39 Å². The Hall–Kier alpha value is -1.49. The molecule has 0 aliphatic heterocycles. The second-order valence-corrected chi connectivity index (χ2v) is 5.05. The molecular formula is C14H16ClFN2O2. The number of allylic oxidation sites excluding steroid dienone is 2. The zero-order valence-corrected chi connectivity index (χ0v) is 12.0. The molecule has 1 aliphatic rings. The van der Waals surface area contributed by atoms with Gasteiger partial charge in [-0.25, -0.2) is 14.4 Å². The standard InChI is InChI=1S/C14H16ClFN2O2/c1-2-20-12(19)7-9-3-5-10(6-4-9)13-11(16)8-17-14(15)18-13/h5,8-9H,2-4,6-7H2,1H3. The van der Waals surface area contributed by atoms with Crippen molar-refractivity contribution in [3.63, 3.8) is 0 Å². The molecule has 0 saturated heterocycles. The molecule has 1 heterocycles. The summed E-state index contributed by atoms with van der Waals surface area (Å²) in [7, 11) is 0. The molecule has 1 atom stereocenters. The van der Waals surface area contributed by atoms with Crippen molar-refractivity contribution in [2.75, 3.05) is 6.61 Å². The topological polar surface area (TPSA) is 52.1 Å². The molecule has 108 valence electrons. The number of esters is 1. The van der Waals surface area contributed by atoms with Crippen LogP contribution >= 0.6 is 11.6 Å². The first kappa shape index (κ1) is 14.9. The smallest absolute Gasteiger partial charge is 0.306 e. The third-order valence-corrected chi connectivity index (χ3v) is 3.48. The van der Waals surface area contributed by atoms with Gasteiger partial charge in [-0.2, -0.15) is 0 Å². The van der Waals surface area contributed by atoms with Crippen LogP contribution in [0.25, 0.3) is 5.57 Å². The van der Waals surface area contributed by atoms with Crippen molar-refractivity contribution < 1.29 is 13.9 Å². The number of nitrogens with zero attached hydrogens (tertiary/aromatic N) is 2. The van der Waals surface area contributed by atoms with Gasteiger partial charge < -0.3 is 4.74 Å². The number of aromatic nitrogens is 2. The number of rotatable bonds is 4.